The average molecular weight is 625 g/mol. The Morgan fingerprint density at radius 3 is 1.58 bits per heavy atom. The minimum Gasteiger partial charge on any atom is -0.469 e. The topological polar surface area (TPSA) is 96.0 Å². The molecule has 3 rings (SSSR count). The highest BCUT2D eigenvalue weighted by molar-refractivity contribution is 14.1. The number of carbonyl (C=O) groups is 4. The average Bonchev–Trinajstić information content (AvgIpc) is 3.65. The van der Waals surface area contributed by atoms with Crippen molar-refractivity contribution < 1.29 is 33.4 Å². The number of carbonyl (C=O) groups excluding carboxylic acids is 4. The van der Waals surface area contributed by atoms with Crippen molar-refractivity contribution in [3.8, 4) is 0 Å². The molecule has 0 aromatic rings. The number of Topliss-reactive ketones (excluding diaryl/α,β-unsaturated/α-hetero) is 2. The first kappa shape index (κ1) is 35.0. The van der Waals surface area contributed by atoms with Crippen molar-refractivity contribution in [2.45, 2.75) is 110 Å². The number of esters is 2. The molecule has 0 atom stereocenters. The molecule has 2 saturated carbocycles. The summed E-state index contributed by atoms with van der Waals surface area (Å²) in [6.07, 6.45) is 17.9. The van der Waals surface area contributed by atoms with Crippen LogP contribution in [0.2, 0.25) is 0 Å². The summed E-state index contributed by atoms with van der Waals surface area (Å²) in [6.45, 7) is 3.34. The highest BCUT2D eigenvalue weighted by Crippen LogP contribution is 2.29. The lowest BCUT2D eigenvalue weighted by molar-refractivity contribution is -0.144. The van der Waals surface area contributed by atoms with Crippen molar-refractivity contribution in [2.24, 2.45) is 11.8 Å². The van der Waals surface area contributed by atoms with Gasteiger partial charge in [-0.1, -0.05) is 80.4 Å². The summed E-state index contributed by atoms with van der Waals surface area (Å²) in [5, 5.41) is 0. The van der Waals surface area contributed by atoms with Crippen molar-refractivity contribution in [3.05, 3.63) is 0 Å². The fraction of sp³-hybridized carbons (Fsp3) is 0.857. The van der Waals surface area contributed by atoms with Crippen molar-refractivity contribution in [2.75, 3.05) is 31.9 Å². The normalized spacial score (nSPS) is 17.0. The Hall–Kier alpha value is -1.03. The third-order valence-corrected chi connectivity index (χ3v) is 7.18. The van der Waals surface area contributed by atoms with Gasteiger partial charge in [-0.15, -0.1) is 0 Å². The van der Waals surface area contributed by atoms with Gasteiger partial charge in [0.25, 0.3) is 0 Å². The van der Waals surface area contributed by atoms with Crippen LogP contribution >= 0.6 is 22.6 Å². The SMILES string of the molecule is C1CCOC1.COC(=O)CC(=O)CCCC1CCCC1.COC(=O)CC(C)=O.ICCC1CCCC1. The van der Waals surface area contributed by atoms with Gasteiger partial charge in [-0.05, 0) is 48.9 Å². The van der Waals surface area contributed by atoms with Gasteiger partial charge < -0.3 is 14.2 Å². The zero-order valence-electron chi connectivity index (χ0n) is 22.8. The van der Waals surface area contributed by atoms with Gasteiger partial charge >= 0.3 is 11.9 Å². The summed E-state index contributed by atoms with van der Waals surface area (Å²) in [4.78, 5) is 42.4. The van der Waals surface area contributed by atoms with Crippen molar-refractivity contribution in [1.82, 2.24) is 0 Å². The quantitative estimate of drug-likeness (QED) is 0.120. The predicted molar refractivity (Wildman–Crippen MR) is 150 cm³/mol. The Labute approximate surface area is 232 Å². The molecular weight excluding hydrogens is 575 g/mol. The van der Waals surface area contributed by atoms with Gasteiger partial charge in [0.15, 0.2) is 0 Å². The molecule has 0 radical (unpaired) electrons. The molecule has 0 aromatic carbocycles. The fourth-order valence-corrected chi connectivity index (χ4v) is 5.33. The van der Waals surface area contributed by atoms with Crippen LogP contribution in [-0.2, 0) is 33.4 Å². The standard InChI is InChI=1S/C12H20O3.C7H13I.C5H8O3.C4H8O/c1-15-12(14)9-11(13)8-4-7-10-5-2-3-6-10;8-6-5-7-3-1-2-4-7;1-4(6)3-5(7)8-2;1-2-4-5-3-1/h10H,2-9H2,1H3;7H,1-6H2;3H2,1-2H3;1-4H2. The summed E-state index contributed by atoms with van der Waals surface area (Å²) in [5.74, 6) is 0.887. The van der Waals surface area contributed by atoms with Crippen LogP contribution in [0.4, 0.5) is 0 Å². The van der Waals surface area contributed by atoms with Gasteiger partial charge in [0, 0.05) is 19.6 Å². The second-order valence-corrected chi connectivity index (χ2v) is 10.8. The zero-order valence-corrected chi connectivity index (χ0v) is 25.0. The lowest BCUT2D eigenvalue weighted by Gasteiger charge is -2.07. The molecule has 0 unspecified atom stereocenters. The Balaban J connectivity index is 0.000000494. The van der Waals surface area contributed by atoms with Gasteiger partial charge in [0.1, 0.15) is 24.4 Å². The largest absolute Gasteiger partial charge is 0.469 e. The number of ketones is 2. The van der Waals surface area contributed by atoms with E-state index in [9.17, 15) is 19.2 Å². The van der Waals surface area contributed by atoms with Crippen LogP contribution in [0.5, 0.6) is 0 Å². The van der Waals surface area contributed by atoms with E-state index in [-0.39, 0.29) is 24.4 Å². The van der Waals surface area contributed by atoms with Crippen molar-refractivity contribution >= 4 is 46.1 Å². The smallest absolute Gasteiger partial charge is 0.313 e. The van der Waals surface area contributed by atoms with Crippen LogP contribution in [0.15, 0.2) is 0 Å². The van der Waals surface area contributed by atoms with E-state index in [1.807, 2.05) is 0 Å². The summed E-state index contributed by atoms with van der Waals surface area (Å²) in [5.41, 5.74) is 0. The monoisotopic (exact) mass is 624 g/mol. The van der Waals surface area contributed by atoms with Crippen LogP contribution in [0.1, 0.15) is 110 Å². The molecule has 210 valence electrons. The van der Waals surface area contributed by atoms with Crippen LogP contribution < -0.4 is 0 Å². The number of halogens is 1. The third kappa shape index (κ3) is 22.2. The van der Waals surface area contributed by atoms with Gasteiger partial charge in [-0.3, -0.25) is 19.2 Å². The molecule has 0 N–H and O–H groups in total. The first-order valence-corrected chi connectivity index (χ1v) is 15.1. The Kier molecular flexibility index (Phi) is 23.6. The summed E-state index contributed by atoms with van der Waals surface area (Å²) >= 11 is 2.48. The highest BCUT2D eigenvalue weighted by atomic mass is 127. The number of hydrogen-bond donors (Lipinski definition) is 0. The number of hydrogen-bond acceptors (Lipinski definition) is 7. The van der Waals surface area contributed by atoms with Gasteiger partial charge in [0.05, 0.1) is 14.2 Å². The van der Waals surface area contributed by atoms with Gasteiger partial charge in [-0.25, -0.2) is 0 Å². The van der Waals surface area contributed by atoms with Crippen LogP contribution in [0.3, 0.4) is 0 Å². The molecule has 0 amide bonds. The van der Waals surface area contributed by atoms with E-state index in [1.54, 1.807) is 0 Å². The first-order chi connectivity index (χ1) is 17.3. The molecule has 1 aliphatic heterocycles. The number of alkyl halides is 1. The van der Waals surface area contributed by atoms with E-state index in [0.717, 1.165) is 37.9 Å². The maximum Gasteiger partial charge on any atom is 0.313 e. The molecule has 0 bridgehead atoms. The minimum absolute atomic E-state index is 0.0137. The summed E-state index contributed by atoms with van der Waals surface area (Å²) in [7, 11) is 2.57. The van der Waals surface area contributed by atoms with E-state index < -0.39 is 11.9 Å². The number of methoxy groups -OCH3 is 2. The maximum atomic E-state index is 11.3. The Bertz CT molecular complexity index is 585. The highest BCUT2D eigenvalue weighted by Gasteiger charge is 2.16. The maximum absolute atomic E-state index is 11.3. The number of ether oxygens (including phenoxy) is 3. The van der Waals surface area contributed by atoms with E-state index in [4.69, 9.17) is 4.74 Å². The predicted octanol–water partition coefficient (Wildman–Crippen LogP) is 6.42. The summed E-state index contributed by atoms with van der Waals surface area (Å²) in [6, 6.07) is 0. The fourth-order valence-electron chi connectivity index (χ4n) is 4.45. The summed E-state index contributed by atoms with van der Waals surface area (Å²) < 4.78 is 15.0. The van der Waals surface area contributed by atoms with Crippen molar-refractivity contribution in [3.63, 3.8) is 0 Å². The molecule has 3 fully saturated rings. The minimum atomic E-state index is -0.475. The van der Waals surface area contributed by atoms with Crippen LogP contribution in [0.25, 0.3) is 0 Å². The van der Waals surface area contributed by atoms with Gasteiger partial charge in [0.2, 0.25) is 0 Å². The molecule has 7 nitrogen and oxygen atoms in total. The second-order valence-electron chi connectivity index (χ2n) is 9.74. The molecular formula is C28H49IO7. The Morgan fingerprint density at radius 1 is 0.750 bits per heavy atom. The molecule has 1 heterocycles. The lowest BCUT2D eigenvalue weighted by Crippen LogP contribution is -2.09. The van der Waals surface area contributed by atoms with Crippen LogP contribution in [-0.4, -0.2) is 55.4 Å². The third-order valence-electron chi connectivity index (χ3n) is 6.55. The van der Waals surface area contributed by atoms with E-state index in [2.05, 4.69) is 32.1 Å². The van der Waals surface area contributed by atoms with E-state index in [0.29, 0.717) is 6.42 Å². The van der Waals surface area contributed by atoms with E-state index >= 15 is 0 Å². The Morgan fingerprint density at radius 2 is 1.22 bits per heavy atom. The van der Waals surface area contributed by atoms with Crippen molar-refractivity contribution in [1.29, 1.82) is 0 Å². The second kappa shape index (κ2) is 24.3. The molecule has 0 spiro atoms. The number of rotatable bonds is 10. The molecule has 0 aromatic heterocycles. The van der Waals surface area contributed by atoms with Gasteiger partial charge in [-0.2, -0.15) is 0 Å². The first-order valence-electron chi connectivity index (χ1n) is 13.6. The molecule has 3 aliphatic rings. The molecule has 2 aliphatic carbocycles. The zero-order chi connectivity index (χ0) is 27.0. The molecule has 8 heteroatoms. The van der Waals surface area contributed by atoms with E-state index in [1.165, 1.54) is 96.2 Å². The lowest BCUT2D eigenvalue weighted by atomic mass is 9.99. The van der Waals surface area contributed by atoms with Crippen LogP contribution in [0, 0.1) is 11.8 Å². The molecule has 36 heavy (non-hydrogen) atoms. The molecule has 1 saturated heterocycles.